The van der Waals surface area contributed by atoms with Crippen LogP contribution in [0.1, 0.15) is 15.9 Å². The molecule has 0 unspecified atom stereocenters. The first-order valence-corrected chi connectivity index (χ1v) is 7.08. The summed E-state index contributed by atoms with van der Waals surface area (Å²) in [5, 5.41) is 10.9. The van der Waals surface area contributed by atoms with Gasteiger partial charge in [-0.1, -0.05) is 11.6 Å². The maximum atomic E-state index is 12.3. The summed E-state index contributed by atoms with van der Waals surface area (Å²) in [7, 11) is 0. The van der Waals surface area contributed by atoms with E-state index in [9.17, 15) is 14.9 Å². The third kappa shape index (κ3) is 2.78. The first-order chi connectivity index (χ1) is 10.5. The number of nitro benzene ring substituents is 1. The molecular formula is C13H14ClN3O5. The van der Waals surface area contributed by atoms with Crippen LogP contribution in [0.15, 0.2) is 12.1 Å². The van der Waals surface area contributed by atoms with Gasteiger partial charge in [-0.05, 0) is 11.6 Å². The van der Waals surface area contributed by atoms with Crippen LogP contribution < -0.4 is 5.73 Å². The minimum atomic E-state index is -0.565. The highest BCUT2D eigenvalue weighted by Gasteiger charge is 2.33. The predicted octanol–water partition coefficient (Wildman–Crippen LogP) is 0.904. The van der Waals surface area contributed by atoms with Crippen LogP contribution in [0, 0.1) is 10.1 Å². The van der Waals surface area contributed by atoms with Crippen molar-refractivity contribution < 1.29 is 19.2 Å². The molecule has 1 amide bonds. The number of rotatable bonds is 3. The summed E-state index contributed by atoms with van der Waals surface area (Å²) in [6, 6.07) is 2.52. The van der Waals surface area contributed by atoms with Gasteiger partial charge >= 0.3 is 0 Å². The van der Waals surface area contributed by atoms with Crippen LogP contribution in [0.5, 0.6) is 0 Å². The lowest BCUT2D eigenvalue weighted by Crippen LogP contribution is -2.45. The smallest absolute Gasteiger partial charge is 0.288 e. The van der Waals surface area contributed by atoms with E-state index in [0.717, 1.165) is 0 Å². The molecule has 9 heteroatoms. The van der Waals surface area contributed by atoms with Crippen molar-refractivity contribution in [2.24, 2.45) is 5.73 Å². The minimum absolute atomic E-state index is 0.0462. The fraction of sp³-hybridized carbons (Fsp3) is 0.462. The van der Waals surface area contributed by atoms with Crippen molar-refractivity contribution >= 4 is 23.2 Å². The topological polar surface area (TPSA) is 108 Å². The van der Waals surface area contributed by atoms with Crippen LogP contribution in [-0.2, 0) is 16.0 Å². The van der Waals surface area contributed by atoms with Gasteiger partial charge in [0.2, 0.25) is 0 Å². The van der Waals surface area contributed by atoms with Gasteiger partial charge in [0.1, 0.15) is 5.02 Å². The molecule has 8 nitrogen and oxygen atoms in total. The lowest BCUT2D eigenvalue weighted by Gasteiger charge is -2.30. The summed E-state index contributed by atoms with van der Waals surface area (Å²) < 4.78 is 10.8. The van der Waals surface area contributed by atoms with Crippen LogP contribution in [0.3, 0.4) is 0 Å². The van der Waals surface area contributed by atoms with Crippen molar-refractivity contribution in [1.29, 1.82) is 0 Å². The van der Waals surface area contributed by atoms with Gasteiger partial charge in [0, 0.05) is 18.2 Å². The number of fused-ring (bicyclic) bond motifs is 1. The van der Waals surface area contributed by atoms with E-state index >= 15 is 0 Å². The highest BCUT2D eigenvalue weighted by atomic mass is 35.5. The predicted molar refractivity (Wildman–Crippen MR) is 76.5 cm³/mol. The summed E-state index contributed by atoms with van der Waals surface area (Å²) in [5.74, 6) is -0.242. The first kappa shape index (κ1) is 15.2. The fourth-order valence-electron chi connectivity index (χ4n) is 2.51. The largest absolute Gasteiger partial charge is 0.349 e. The number of benzene rings is 1. The number of carbonyl (C=O) groups excluding carboxylic acids is 1. The number of nitrogens with two attached hydrogens (primary N) is 1. The van der Waals surface area contributed by atoms with Gasteiger partial charge in [0.05, 0.1) is 30.7 Å². The molecule has 1 saturated heterocycles. The second-order valence-electron chi connectivity index (χ2n) is 5.26. The number of amides is 1. The molecule has 0 spiro atoms. The van der Waals surface area contributed by atoms with Gasteiger partial charge < -0.3 is 20.1 Å². The summed E-state index contributed by atoms with van der Waals surface area (Å²) in [6.07, 6.45) is -0.538. The zero-order valence-electron chi connectivity index (χ0n) is 11.5. The van der Waals surface area contributed by atoms with Gasteiger partial charge in [-0.2, -0.15) is 0 Å². The Morgan fingerprint density at radius 2 is 2.09 bits per heavy atom. The molecule has 2 aliphatic heterocycles. The molecule has 0 aromatic heterocycles. The Morgan fingerprint density at radius 1 is 1.41 bits per heavy atom. The minimum Gasteiger partial charge on any atom is -0.349 e. The maximum Gasteiger partial charge on any atom is 0.288 e. The second kappa shape index (κ2) is 5.81. The molecule has 2 aliphatic rings. The van der Waals surface area contributed by atoms with E-state index in [2.05, 4.69) is 0 Å². The summed E-state index contributed by atoms with van der Waals surface area (Å²) in [4.78, 5) is 24.2. The Hall–Kier alpha value is -1.74. The van der Waals surface area contributed by atoms with E-state index in [1.165, 1.54) is 17.0 Å². The van der Waals surface area contributed by atoms with Gasteiger partial charge in [-0.15, -0.1) is 0 Å². The lowest BCUT2D eigenvalue weighted by molar-refractivity contribution is -0.384. The Bertz CT molecular complexity index is 630. The Kier molecular flexibility index (Phi) is 4.00. The SMILES string of the molecule is NC1COC(CN2Cc3cc([N+](=O)[O-])c(Cl)cc3C2=O)OC1. The second-order valence-corrected chi connectivity index (χ2v) is 5.67. The van der Waals surface area contributed by atoms with Gasteiger partial charge in [-0.25, -0.2) is 0 Å². The van der Waals surface area contributed by atoms with Crippen LogP contribution in [0.4, 0.5) is 5.69 Å². The standard InChI is InChI=1S/C13H14ClN3O5/c14-10-2-9-7(1-11(10)17(19)20)3-16(13(9)18)4-12-21-5-8(15)6-22-12/h1-2,8,12H,3-6,15H2. The van der Waals surface area contributed by atoms with Gasteiger partial charge in [0.25, 0.3) is 11.6 Å². The van der Waals surface area contributed by atoms with Crippen molar-refractivity contribution in [3.05, 3.63) is 38.4 Å². The number of carbonyl (C=O) groups is 1. The molecule has 0 aliphatic carbocycles. The van der Waals surface area contributed by atoms with E-state index in [4.69, 9.17) is 26.8 Å². The van der Waals surface area contributed by atoms with E-state index in [-0.39, 0.29) is 35.7 Å². The van der Waals surface area contributed by atoms with E-state index < -0.39 is 11.2 Å². The van der Waals surface area contributed by atoms with E-state index in [1.54, 1.807) is 0 Å². The molecule has 0 saturated carbocycles. The lowest BCUT2D eigenvalue weighted by atomic mass is 10.1. The van der Waals surface area contributed by atoms with Crippen LogP contribution in [0.25, 0.3) is 0 Å². The molecular weight excluding hydrogens is 314 g/mol. The molecule has 3 rings (SSSR count). The third-order valence-corrected chi connectivity index (χ3v) is 3.91. The number of halogens is 1. The summed E-state index contributed by atoms with van der Waals surface area (Å²) in [6.45, 7) is 1.25. The van der Waals surface area contributed by atoms with Crippen LogP contribution in [-0.4, -0.2) is 47.8 Å². The van der Waals surface area contributed by atoms with Crippen molar-refractivity contribution in [3.8, 4) is 0 Å². The highest BCUT2D eigenvalue weighted by Crippen LogP contribution is 2.33. The quantitative estimate of drug-likeness (QED) is 0.653. The molecule has 1 fully saturated rings. The van der Waals surface area contributed by atoms with Crippen molar-refractivity contribution in [1.82, 2.24) is 4.90 Å². The zero-order valence-corrected chi connectivity index (χ0v) is 12.3. The highest BCUT2D eigenvalue weighted by molar-refractivity contribution is 6.33. The van der Waals surface area contributed by atoms with E-state index in [0.29, 0.717) is 24.3 Å². The molecule has 2 N–H and O–H groups in total. The van der Waals surface area contributed by atoms with Crippen molar-refractivity contribution in [3.63, 3.8) is 0 Å². The number of ether oxygens (including phenoxy) is 2. The Morgan fingerprint density at radius 3 is 2.73 bits per heavy atom. The average molecular weight is 328 g/mol. The average Bonchev–Trinajstić information content (AvgIpc) is 2.77. The number of hydrogen-bond donors (Lipinski definition) is 1. The van der Waals surface area contributed by atoms with Crippen LogP contribution >= 0.6 is 11.6 Å². The molecule has 22 heavy (non-hydrogen) atoms. The Balaban J connectivity index is 1.75. The molecule has 0 bridgehead atoms. The van der Waals surface area contributed by atoms with Crippen molar-refractivity contribution in [2.45, 2.75) is 18.9 Å². The number of nitrogens with zero attached hydrogens (tertiary/aromatic N) is 2. The van der Waals surface area contributed by atoms with Gasteiger partial charge in [0.15, 0.2) is 6.29 Å². The normalized spacial score (nSPS) is 24.5. The molecule has 0 atom stereocenters. The number of nitro groups is 1. The maximum absolute atomic E-state index is 12.3. The van der Waals surface area contributed by atoms with Crippen LogP contribution in [0.2, 0.25) is 5.02 Å². The zero-order chi connectivity index (χ0) is 15.9. The third-order valence-electron chi connectivity index (χ3n) is 3.61. The van der Waals surface area contributed by atoms with Crippen molar-refractivity contribution in [2.75, 3.05) is 19.8 Å². The molecule has 2 heterocycles. The number of hydrogen-bond acceptors (Lipinski definition) is 6. The monoisotopic (exact) mass is 327 g/mol. The molecule has 118 valence electrons. The van der Waals surface area contributed by atoms with E-state index in [1.807, 2.05) is 0 Å². The first-order valence-electron chi connectivity index (χ1n) is 6.70. The summed E-state index contributed by atoms with van der Waals surface area (Å²) in [5.41, 5.74) is 6.41. The van der Waals surface area contributed by atoms with Gasteiger partial charge in [-0.3, -0.25) is 14.9 Å². The summed E-state index contributed by atoms with van der Waals surface area (Å²) >= 11 is 5.85. The Labute approximate surface area is 130 Å². The molecule has 1 aromatic carbocycles. The molecule has 1 aromatic rings. The fourth-order valence-corrected chi connectivity index (χ4v) is 2.75. The molecule has 0 radical (unpaired) electrons.